The first-order valence-electron chi connectivity index (χ1n) is 15.9. The molecule has 2 aliphatic rings. The number of nitrogens with zero attached hydrogens (tertiary/aromatic N) is 5. The number of benzene rings is 3. The highest BCUT2D eigenvalue weighted by molar-refractivity contribution is 7.91. The lowest BCUT2D eigenvalue weighted by atomic mass is 9.86. The molecule has 0 atom stereocenters. The zero-order chi connectivity index (χ0) is 31.9. The number of carbonyl (C=O) groups is 1. The Morgan fingerprint density at radius 1 is 0.867 bits per heavy atom. The van der Waals surface area contributed by atoms with Crippen LogP contribution in [0.2, 0.25) is 0 Å². The number of amides is 1. The molecule has 2 saturated heterocycles. The predicted octanol–water partition coefficient (Wildman–Crippen LogP) is 5.32. The Hall–Kier alpha value is -3.66. The SMILES string of the molecule is CCN1CCN(C(=O)c2ccc(-c3cnc4cccc(-c5ccc(C(C)(C)N6CCS(=O)(=O)CC6)c(C)c5)c4n3)cc2C)CC1. The fourth-order valence-electron chi connectivity index (χ4n) is 6.86. The highest BCUT2D eigenvalue weighted by atomic mass is 32.2. The molecule has 8 nitrogen and oxygen atoms in total. The van der Waals surface area contributed by atoms with Gasteiger partial charge in [-0.2, -0.15) is 0 Å². The summed E-state index contributed by atoms with van der Waals surface area (Å²) in [5, 5.41) is 0. The van der Waals surface area contributed by atoms with Crippen molar-refractivity contribution in [2.75, 3.05) is 57.3 Å². The number of fused-ring (bicyclic) bond motifs is 1. The molecule has 0 saturated carbocycles. The van der Waals surface area contributed by atoms with Crippen LogP contribution in [0.25, 0.3) is 33.4 Å². The predicted molar refractivity (Wildman–Crippen MR) is 181 cm³/mol. The number of aryl methyl sites for hydroxylation is 2. The van der Waals surface area contributed by atoms with E-state index in [1.54, 1.807) is 0 Å². The Kier molecular flexibility index (Phi) is 8.54. The van der Waals surface area contributed by atoms with Gasteiger partial charge in [-0.05, 0) is 74.7 Å². The van der Waals surface area contributed by atoms with Gasteiger partial charge < -0.3 is 9.80 Å². The van der Waals surface area contributed by atoms with Crippen molar-refractivity contribution >= 4 is 26.8 Å². The molecular weight excluding hydrogens is 582 g/mol. The van der Waals surface area contributed by atoms with Crippen molar-refractivity contribution in [3.05, 3.63) is 83.0 Å². The van der Waals surface area contributed by atoms with Crippen LogP contribution in [0, 0.1) is 13.8 Å². The molecule has 236 valence electrons. The fraction of sp³-hybridized carbons (Fsp3) is 0.417. The monoisotopic (exact) mass is 625 g/mol. The van der Waals surface area contributed by atoms with E-state index in [0.717, 1.165) is 82.8 Å². The van der Waals surface area contributed by atoms with Gasteiger partial charge in [0.2, 0.25) is 0 Å². The van der Waals surface area contributed by atoms with Crippen molar-refractivity contribution in [2.24, 2.45) is 0 Å². The van der Waals surface area contributed by atoms with Gasteiger partial charge in [0.15, 0.2) is 9.84 Å². The summed E-state index contributed by atoms with van der Waals surface area (Å²) >= 11 is 0. The number of carbonyl (C=O) groups excluding carboxylic acids is 1. The van der Waals surface area contributed by atoms with Crippen molar-refractivity contribution in [3.63, 3.8) is 0 Å². The molecule has 0 unspecified atom stereocenters. The van der Waals surface area contributed by atoms with E-state index >= 15 is 0 Å². The molecule has 0 N–H and O–H groups in total. The Morgan fingerprint density at radius 3 is 2.22 bits per heavy atom. The average Bonchev–Trinajstić information content (AvgIpc) is 3.03. The van der Waals surface area contributed by atoms with E-state index in [0.29, 0.717) is 13.1 Å². The van der Waals surface area contributed by atoms with Gasteiger partial charge in [-0.3, -0.25) is 14.7 Å². The molecule has 3 aromatic carbocycles. The molecule has 0 aliphatic carbocycles. The van der Waals surface area contributed by atoms with Crippen molar-refractivity contribution in [2.45, 2.75) is 40.2 Å². The number of aromatic nitrogens is 2. The molecule has 0 bridgehead atoms. The molecule has 6 rings (SSSR count). The lowest BCUT2D eigenvalue weighted by molar-refractivity contribution is 0.0642. The molecular formula is C36H43N5O3S. The maximum absolute atomic E-state index is 13.3. The molecule has 0 spiro atoms. The quantitative estimate of drug-likeness (QED) is 0.287. The summed E-state index contributed by atoms with van der Waals surface area (Å²) in [6, 6.07) is 18.5. The van der Waals surface area contributed by atoms with Gasteiger partial charge >= 0.3 is 0 Å². The van der Waals surface area contributed by atoms with Crippen LogP contribution in [0.15, 0.2) is 60.8 Å². The molecule has 2 fully saturated rings. The van der Waals surface area contributed by atoms with Crippen LogP contribution >= 0.6 is 0 Å². The number of hydrogen-bond donors (Lipinski definition) is 0. The van der Waals surface area contributed by atoms with Crippen molar-refractivity contribution in [3.8, 4) is 22.4 Å². The van der Waals surface area contributed by atoms with Crippen molar-refractivity contribution in [1.82, 2.24) is 24.7 Å². The van der Waals surface area contributed by atoms with Crippen LogP contribution < -0.4 is 0 Å². The normalized spacial score (nSPS) is 17.9. The summed E-state index contributed by atoms with van der Waals surface area (Å²) in [5.41, 5.74) is 9.14. The summed E-state index contributed by atoms with van der Waals surface area (Å²) in [6.45, 7) is 16.1. The highest BCUT2D eigenvalue weighted by Gasteiger charge is 2.34. The topological polar surface area (TPSA) is 86.7 Å². The first-order chi connectivity index (χ1) is 21.5. The van der Waals surface area contributed by atoms with E-state index in [9.17, 15) is 13.2 Å². The highest BCUT2D eigenvalue weighted by Crippen LogP contribution is 2.35. The molecule has 9 heteroatoms. The van der Waals surface area contributed by atoms with Crippen LogP contribution in [-0.2, 0) is 15.4 Å². The number of sulfone groups is 1. The molecule has 2 aliphatic heterocycles. The maximum Gasteiger partial charge on any atom is 0.254 e. The first-order valence-corrected chi connectivity index (χ1v) is 17.7. The third-order valence-electron chi connectivity index (χ3n) is 9.76. The van der Waals surface area contributed by atoms with E-state index in [1.807, 2.05) is 48.4 Å². The first kappa shape index (κ1) is 31.3. The zero-order valence-corrected chi connectivity index (χ0v) is 27.8. The molecule has 1 aromatic heterocycles. The van der Waals surface area contributed by atoms with Crippen molar-refractivity contribution < 1.29 is 13.2 Å². The van der Waals surface area contributed by atoms with Gasteiger partial charge in [0, 0.05) is 61.5 Å². The minimum absolute atomic E-state index is 0.0917. The third-order valence-corrected chi connectivity index (χ3v) is 11.4. The van der Waals surface area contributed by atoms with Gasteiger partial charge in [-0.25, -0.2) is 13.4 Å². The average molecular weight is 626 g/mol. The summed E-state index contributed by atoms with van der Waals surface area (Å²) < 4.78 is 24.1. The molecule has 3 heterocycles. The fourth-order valence-corrected chi connectivity index (χ4v) is 8.07. The second-order valence-corrected chi connectivity index (χ2v) is 15.2. The van der Waals surface area contributed by atoms with E-state index in [2.05, 4.69) is 61.8 Å². The van der Waals surface area contributed by atoms with Crippen LogP contribution in [0.4, 0.5) is 0 Å². The summed E-state index contributed by atoms with van der Waals surface area (Å²) in [5.74, 6) is 0.507. The largest absolute Gasteiger partial charge is 0.336 e. The molecule has 1 amide bonds. The van der Waals surface area contributed by atoms with Crippen LogP contribution in [-0.4, -0.2) is 96.3 Å². The van der Waals surface area contributed by atoms with Crippen LogP contribution in [0.3, 0.4) is 0 Å². The van der Waals surface area contributed by atoms with E-state index in [1.165, 1.54) is 5.56 Å². The minimum atomic E-state index is -2.94. The van der Waals surface area contributed by atoms with E-state index in [-0.39, 0.29) is 23.0 Å². The second-order valence-electron chi connectivity index (χ2n) is 12.9. The molecule has 0 radical (unpaired) electrons. The summed E-state index contributed by atoms with van der Waals surface area (Å²) in [4.78, 5) is 29.8. The van der Waals surface area contributed by atoms with Gasteiger partial charge in [0.1, 0.15) is 0 Å². The Labute approximate surface area is 267 Å². The third kappa shape index (κ3) is 6.26. The van der Waals surface area contributed by atoms with E-state index in [4.69, 9.17) is 9.97 Å². The van der Waals surface area contributed by atoms with Gasteiger partial charge in [0.05, 0.1) is 34.4 Å². The van der Waals surface area contributed by atoms with Gasteiger partial charge in [-0.1, -0.05) is 43.3 Å². The number of rotatable bonds is 6. The van der Waals surface area contributed by atoms with E-state index < -0.39 is 9.84 Å². The van der Waals surface area contributed by atoms with Crippen LogP contribution in [0.5, 0.6) is 0 Å². The Bertz CT molecular complexity index is 1850. The Morgan fingerprint density at radius 2 is 1.56 bits per heavy atom. The zero-order valence-electron chi connectivity index (χ0n) is 27.0. The smallest absolute Gasteiger partial charge is 0.254 e. The minimum Gasteiger partial charge on any atom is -0.336 e. The summed E-state index contributed by atoms with van der Waals surface area (Å²) in [7, 11) is -2.94. The maximum atomic E-state index is 13.3. The number of para-hydroxylation sites is 1. The number of hydrogen-bond acceptors (Lipinski definition) is 7. The molecule has 4 aromatic rings. The second kappa shape index (κ2) is 12.3. The van der Waals surface area contributed by atoms with Crippen LogP contribution in [0.1, 0.15) is 47.8 Å². The van der Waals surface area contributed by atoms with Crippen molar-refractivity contribution in [1.29, 1.82) is 0 Å². The lowest BCUT2D eigenvalue weighted by Crippen LogP contribution is -2.50. The lowest BCUT2D eigenvalue weighted by Gasteiger charge is -2.42. The Balaban J connectivity index is 1.28. The van der Waals surface area contributed by atoms with Gasteiger partial charge in [-0.15, -0.1) is 0 Å². The number of piperazine rings is 1. The number of likely N-dealkylation sites (N-methyl/N-ethyl adjacent to an activating group) is 1. The summed E-state index contributed by atoms with van der Waals surface area (Å²) in [6.07, 6.45) is 1.81. The van der Waals surface area contributed by atoms with Gasteiger partial charge in [0.25, 0.3) is 5.91 Å². The standard InChI is InChI=1S/C36H43N5O3S/c1-6-39-14-16-40(17-15-39)35(42)29-12-10-28(22-25(29)2)33-24-37-32-9-7-8-30(34(32)38-33)27-11-13-31(26(3)23-27)36(4,5)41-18-20-45(43,44)21-19-41/h7-13,22-24H,6,14-21H2,1-5H3. The molecule has 45 heavy (non-hydrogen) atoms.